The molecule has 68 valence electrons. The van der Waals surface area contributed by atoms with E-state index in [-0.39, 0.29) is 5.44 Å². The van der Waals surface area contributed by atoms with Crippen molar-refractivity contribution in [1.29, 1.82) is 0 Å². The molecule has 0 saturated carbocycles. The largest absolute Gasteiger partial charge is 0.316 e. The van der Waals surface area contributed by atoms with E-state index >= 15 is 0 Å². The first kappa shape index (κ1) is 10.3. The molecule has 1 nitrogen and oxygen atoms in total. The van der Waals surface area contributed by atoms with E-state index in [9.17, 15) is 0 Å². The van der Waals surface area contributed by atoms with Crippen LogP contribution in [0, 0.1) is 6.92 Å². The first-order valence-electron chi connectivity index (χ1n) is 4.57. The van der Waals surface area contributed by atoms with Crippen molar-refractivity contribution in [2.24, 2.45) is 0 Å². The minimum absolute atomic E-state index is 0.303. The normalized spacial score (nSPS) is 11.6. The first-order valence-corrected chi connectivity index (χ1v) is 4.57. The second-order valence-corrected chi connectivity index (χ2v) is 4.00. The molecule has 0 atom stereocenters. The number of benzene rings is 1. The molecule has 0 amide bonds. The summed E-state index contributed by atoms with van der Waals surface area (Å²) in [5.74, 6) is 0. The average Bonchev–Trinajstić information content (AvgIpc) is 2.01. The Morgan fingerprint density at radius 3 is 2.46 bits per heavy atom. The molecule has 13 heavy (non-hydrogen) atoms. The minimum atomic E-state index is -0.303. The lowest BCUT2D eigenvalue weighted by atomic mass is 9.81. The quantitative estimate of drug-likeness (QED) is 0.689. The van der Waals surface area contributed by atoms with Gasteiger partial charge in [0.1, 0.15) is 0 Å². The van der Waals surface area contributed by atoms with Crippen molar-refractivity contribution in [3.05, 3.63) is 35.4 Å². The molecule has 0 aliphatic rings. The topological polar surface area (TPSA) is 12.0 Å². The molecule has 0 unspecified atom stereocenters. The molecule has 0 aliphatic heterocycles. The Bertz CT molecular complexity index is 276. The maximum Gasteiger partial charge on any atom is 0.0946 e. The monoisotopic (exact) mass is 173 g/mol. The van der Waals surface area contributed by atoms with Gasteiger partial charge in [0, 0.05) is 6.54 Å². The van der Waals surface area contributed by atoms with Crippen LogP contribution in [-0.4, -0.2) is 13.3 Å². The lowest BCUT2D eigenvalue weighted by Gasteiger charge is -2.21. The van der Waals surface area contributed by atoms with Gasteiger partial charge in [0.2, 0.25) is 0 Å². The van der Waals surface area contributed by atoms with Crippen LogP contribution >= 0.6 is 0 Å². The van der Waals surface area contributed by atoms with Gasteiger partial charge in [-0.1, -0.05) is 38.1 Å². The van der Waals surface area contributed by atoms with Crippen LogP contribution in [0.25, 0.3) is 0 Å². The van der Waals surface area contributed by atoms with Crippen LogP contribution < -0.4 is 5.32 Å². The number of hydrogen-bond donors (Lipinski definition) is 1. The molecule has 1 N–H and O–H groups in total. The second kappa shape index (κ2) is 3.97. The third-order valence-corrected chi connectivity index (χ3v) is 2.00. The summed E-state index contributed by atoms with van der Waals surface area (Å²) >= 11 is 0. The Balaban J connectivity index is 2.60. The van der Waals surface area contributed by atoms with Crippen molar-refractivity contribution >= 4 is 7.85 Å². The molecule has 1 aromatic rings. The molecular weight excluding hydrogens is 157 g/mol. The molecule has 1 aromatic carbocycles. The number of hydrogen-bond acceptors (Lipinski definition) is 1. The van der Waals surface area contributed by atoms with Gasteiger partial charge in [-0.05, 0) is 23.5 Å². The number of nitrogens with one attached hydrogen (secondary N) is 1. The van der Waals surface area contributed by atoms with E-state index in [1.54, 1.807) is 0 Å². The van der Waals surface area contributed by atoms with E-state index in [2.05, 4.69) is 24.4 Å². The Kier molecular flexibility index (Phi) is 3.15. The van der Waals surface area contributed by atoms with Gasteiger partial charge < -0.3 is 5.32 Å². The van der Waals surface area contributed by atoms with Gasteiger partial charge in [0.25, 0.3) is 0 Å². The molecule has 0 saturated heterocycles. The van der Waals surface area contributed by atoms with Crippen molar-refractivity contribution < 1.29 is 0 Å². The molecular formula is C11H16BN. The van der Waals surface area contributed by atoms with Crippen LogP contribution in [0.5, 0.6) is 0 Å². The van der Waals surface area contributed by atoms with E-state index in [1.807, 2.05) is 26.0 Å². The SMILES string of the molecule is [B]C(C)(C)NCc1ccccc1C. The fourth-order valence-corrected chi connectivity index (χ4v) is 1.13. The van der Waals surface area contributed by atoms with Crippen LogP contribution in [0.3, 0.4) is 0 Å². The lowest BCUT2D eigenvalue weighted by Crippen LogP contribution is -2.39. The highest BCUT2D eigenvalue weighted by Crippen LogP contribution is 2.07. The maximum atomic E-state index is 5.82. The summed E-state index contributed by atoms with van der Waals surface area (Å²) in [6.07, 6.45) is 0. The number of aryl methyl sites for hydroxylation is 1. The van der Waals surface area contributed by atoms with E-state index < -0.39 is 0 Å². The van der Waals surface area contributed by atoms with Gasteiger partial charge in [0.15, 0.2) is 0 Å². The van der Waals surface area contributed by atoms with Crippen LogP contribution in [0.1, 0.15) is 25.0 Å². The predicted molar refractivity (Wildman–Crippen MR) is 57.9 cm³/mol. The fourth-order valence-electron chi connectivity index (χ4n) is 1.13. The maximum absolute atomic E-state index is 5.82. The molecule has 0 aliphatic carbocycles. The third kappa shape index (κ3) is 3.64. The third-order valence-electron chi connectivity index (χ3n) is 2.00. The summed E-state index contributed by atoms with van der Waals surface area (Å²) < 4.78 is 0. The summed E-state index contributed by atoms with van der Waals surface area (Å²) in [7, 11) is 5.82. The molecule has 1 rings (SSSR count). The summed E-state index contributed by atoms with van der Waals surface area (Å²) in [5, 5.41) is 3.26. The van der Waals surface area contributed by atoms with Crippen LogP contribution in [0.15, 0.2) is 24.3 Å². The van der Waals surface area contributed by atoms with Crippen molar-refractivity contribution in [1.82, 2.24) is 5.32 Å². The molecule has 0 spiro atoms. The zero-order valence-electron chi connectivity index (χ0n) is 8.59. The summed E-state index contributed by atoms with van der Waals surface area (Å²) in [6.45, 7) is 6.87. The second-order valence-electron chi connectivity index (χ2n) is 4.00. The highest BCUT2D eigenvalue weighted by Gasteiger charge is 2.08. The van der Waals surface area contributed by atoms with Gasteiger partial charge in [-0.15, -0.1) is 0 Å². The van der Waals surface area contributed by atoms with Crippen LogP contribution in [0.2, 0.25) is 0 Å². The Morgan fingerprint density at radius 2 is 1.92 bits per heavy atom. The summed E-state index contributed by atoms with van der Waals surface area (Å²) in [4.78, 5) is 0. The van der Waals surface area contributed by atoms with Gasteiger partial charge >= 0.3 is 0 Å². The summed E-state index contributed by atoms with van der Waals surface area (Å²) in [5.41, 5.74) is 2.31. The highest BCUT2D eigenvalue weighted by atomic mass is 14.9. The fraction of sp³-hybridized carbons (Fsp3) is 0.455. The van der Waals surface area contributed by atoms with Crippen LogP contribution in [0.4, 0.5) is 0 Å². The Morgan fingerprint density at radius 1 is 1.31 bits per heavy atom. The molecule has 2 heteroatoms. The predicted octanol–water partition coefficient (Wildman–Crippen LogP) is 1.99. The van der Waals surface area contributed by atoms with Gasteiger partial charge in [-0.3, -0.25) is 0 Å². The van der Waals surface area contributed by atoms with E-state index in [0.29, 0.717) is 0 Å². The first-order chi connectivity index (χ1) is 5.99. The summed E-state index contributed by atoms with van der Waals surface area (Å²) in [6, 6.07) is 8.33. The molecule has 0 aromatic heterocycles. The van der Waals surface area contributed by atoms with Crippen LogP contribution in [-0.2, 0) is 6.54 Å². The minimum Gasteiger partial charge on any atom is -0.316 e. The molecule has 0 bridgehead atoms. The Labute approximate surface area is 82.0 Å². The molecule has 0 heterocycles. The van der Waals surface area contributed by atoms with Crippen molar-refractivity contribution in [3.8, 4) is 0 Å². The van der Waals surface area contributed by atoms with Gasteiger partial charge in [-0.2, -0.15) is 0 Å². The Hall–Kier alpha value is -0.755. The average molecular weight is 173 g/mol. The van der Waals surface area contributed by atoms with E-state index in [4.69, 9.17) is 7.85 Å². The zero-order chi connectivity index (χ0) is 9.90. The van der Waals surface area contributed by atoms with E-state index in [0.717, 1.165) is 6.54 Å². The van der Waals surface area contributed by atoms with Gasteiger partial charge in [0.05, 0.1) is 7.85 Å². The molecule has 2 radical (unpaired) electrons. The standard InChI is InChI=1S/C11H16BN/c1-9-6-4-5-7-10(9)8-13-11(2,3)12/h4-7,13H,8H2,1-3H3. The van der Waals surface area contributed by atoms with Crippen molar-refractivity contribution in [3.63, 3.8) is 0 Å². The lowest BCUT2D eigenvalue weighted by molar-refractivity contribution is 0.528. The van der Waals surface area contributed by atoms with Gasteiger partial charge in [-0.25, -0.2) is 0 Å². The zero-order valence-corrected chi connectivity index (χ0v) is 8.59. The van der Waals surface area contributed by atoms with Crippen molar-refractivity contribution in [2.45, 2.75) is 32.8 Å². The van der Waals surface area contributed by atoms with E-state index in [1.165, 1.54) is 11.1 Å². The van der Waals surface area contributed by atoms with Crippen molar-refractivity contribution in [2.75, 3.05) is 0 Å². The number of rotatable bonds is 3. The highest BCUT2D eigenvalue weighted by molar-refractivity contribution is 6.14. The smallest absolute Gasteiger partial charge is 0.0946 e. The molecule has 0 fully saturated rings.